The van der Waals surface area contributed by atoms with Gasteiger partial charge in [-0.2, -0.15) is 5.10 Å². The largest absolute Gasteiger partial charge is 0.368 e. The lowest BCUT2D eigenvalue weighted by Gasteiger charge is -2.13. The first-order valence-electron chi connectivity index (χ1n) is 6.61. The molecule has 2 rings (SSSR count). The molecule has 2 aromatic rings. The summed E-state index contributed by atoms with van der Waals surface area (Å²) >= 11 is 0. The molecular weight excluding hydrogens is 240 g/mol. The van der Waals surface area contributed by atoms with E-state index in [0.29, 0.717) is 0 Å². The number of nitrogens with one attached hydrogen (secondary N) is 1. The highest BCUT2D eigenvalue weighted by molar-refractivity contribution is 5.35. The number of rotatable bonds is 6. The van der Waals surface area contributed by atoms with Gasteiger partial charge in [0.05, 0.1) is 6.04 Å². The quantitative estimate of drug-likeness (QED) is 0.860. The monoisotopic (exact) mass is 260 g/mol. The van der Waals surface area contributed by atoms with Gasteiger partial charge in [0.2, 0.25) is 0 Å². The molecular formula is C13H20N6. The summed E-state index contributed by atoms with van der Waals surface area (Å²) in [5.41, 5.74) is 0.995. The van der Waals surface area contributed by atoms with E-state index in [0.717, 1.165) is 36.7 Å². The van der Waals surface area contributed by atoms with Crippen LogP contribution in [0.2, 0.25) is 0 Å². The summed E-state index contributed by atoms with van der Waals surface area (Å²) in [5, 5.41) is 7.46. The summed E-state index contributed by atoms with van der Waals surface area (Å²) in [5.74, 6) is 1.78. The van der Waals surface area contributed by atoms with E-state index in [4.69, 9.17) is 0 Å². The molecule has 0 bridgehead atoms. The Balaban J connectivity index is 1.99. The van der Waals surface area contributed by atoms with Crippen LogP contribution in [0, 0.1) is 6.92 Å². The van der Waals surface area contributed by atoms with Gasteiger partial charge in [-0.15, -0.1) is 0 Å². The van der Waals surface area contributed by atoms with E-state index in [1.165, 1.54) is 0 Å². The van der Waals surface area contributed by atoms with Gasteiger partial charge in [-0.1, -0.05) is 6.92 Å². The molecule has 0 spiro atoms. The first kappa shape index (κ1) is 13.5. The zero-order valence-electron chi connectivity index (χ0n) is 11.7. The molecule has 2 aromatic heterocycles. The van der Waals surface area contributed by atoms with Crippen LogP contribution in [-0.2, 0) is 6.42 Å². The number of nitrogens with zero attached hydrogens (tertiary/aromatic N) is 5. The molecule has 0 aromatic carbocycles. The highest BCUT2D eigenvalue weighted by Gasteiger charge is 2.06. The van der Waals surface area contributed by atoms with Crippen LogP contribution >= 0.6 is 0 Å². The van der Waals surface area contributed by atoms with Crippen molar-refractivity contribution in [1.29, 1.82) is 0 Å². The predicted molar refractivity (Wildman–Crippen MR) is 74.0 cm³/mol. The van der Waals surface area contributed by atoms with Crippen LogP contribution in [-0.4, -0.2) is 31.3 Å². The first-order valence-corrected chi connectivity index (χ1v) is 6.61. The maximum Gasteiger partial charge on any atom is 0.137 e. The van der Waals surface area contributed by atoms with Crippen molar-refractivity contribution in [1.82, 2.24) is 24.7 Å². The van der Waals surface area contributed by atoms with Gasteiger partial charge in [-0.05, 0) is 20.3 Å². The molecule has 0 aliphatic carbocycles. The highest BCUT2D eigenvalue weighted by atomic mass is 15.3. The second-order valence-electron chi connectivity index (χ2n) is 4.67. The Labute approximate surface area is 113 Å². The number of hydrogen-bond acceptors (Lipinski definition) is 5. The standard InChI is InChI=1S/C13H20N6/c1-4-5-12-17-10(2)6-13(18-12)15-7-11(3)19-9-14-8-16-19/h6,8-9,11H,4-5,7H2,1-3H3,(H,15,17,18)/t11-/m1/s1. The Morgan fingerprint density at radius 1 is 1.37 bits per heavy atom. The Morgan fingerprint density at radius 2 is 2.21 bits per heavy atom. The minimum atomic E-state index is 0.229. The molecule has 102 valence electrons. The molecule has 19 heavy (non-hydrogen) atoms. The third kappa shape index (κ3) is 3.74. The molecule has 0 saturated carbocycles. The van der Waals surface area contributed by atoms with Gasteiger partial charge in [0.25, 0.3) is 0 Å². The van der Waals surface area contributed by atoms with Crippen LogP contribution < -0.4 is 5.32 Å². The molecule has 1 N–H and O–H groups in total. The normalized spacial score (nSPS) is 12.4. The minimum absolute atomic E-state index is 0.229. The van der Waals surface area contributed by atoms with E-state index >= 15 is 0 Å². The van der Waals surface area contributed by atoms with Gasteiger partial charge >= 0.3 is 0 Å². The average molecular weight is 260 g/mol. The van der Waals surface area contributed by atoms with Crippen molar-refractivity contribution in [3.05, 3.63) is 30.2 Å². The second kappa shape index (κ2) is 6.26. The van der Waals surface area contributed by atoms with Crippen molar-refractivity contribution in [2.75, 3.05) is 11.9 Å². The van der Waals surface area contributed by atoms with Crippen molar-refractivity contribution >= 4 is 5.82 Å². The van der Waals surface area contributed by atoms with E-state index in [-0.39, 0.29) is 6.04 Å². The lowest BCUT2D eigenvalue weighted by molar-refractivity contribution is 0.510. The maximum absolute atomic E-state index is 4.51. The van der Waals surface area contributed by atoms with Crippen LogP contribution in [0.1, 0.15) is 37.8 Å². The summed E-state index contributed by atoms with van der Waals surface area (Å²) in [4.78, 5) is 12.9. The fraction of sp³-hybridized carbons (Fsp3) is 0.538. The van der Waals surface area contributed by atoms with Crippen LogP contribution in [0.4, 0.5) is 5.82 Å². The Hall–Kier alpha value is -1.98. The topological polar surface area (TPSA) is 68.5 Å². The highest BCUT2D eigenvalue weighted by Crippen LogP contribution is 2.10. The molecule has 0 fully saturated rings. The predicted octanol–water partition coefficient (Wildman–Crippen LogP) is 2.00. The van der Waals surface area contributed by atoms with Gasteiger partial charge in [0.15, 0.2) is 0 Å². The van der Waals surface area contributed by atoms with Crippen LogP contribution in [0.5, 0.6) is 0 Å². The second-order valence-corrected chi connectivity index (χ2v) is 4.67. The fourth-order valence-corrected chi connectivity index (χ4v) is 1.85. The summed E-state index contributed by atoms with van der Waals surface area (Å²) in [6.45, 7) is 6.96. The van der Waals surface area contributed by atoms with Gasteiger partial charge in [-0.25, -0.2) is 19.6 Å². The van der Waals surface area contributed by atoms with Crippen molar-refractivity contribution in [2.24, 2.45) is 0 Å². The lowest BCUT2D eigenvalue weighted by atomic mass is 10.3. The zero-order chi connectivity index (χ0) is 13.7. The Bertz CT molecular complexity index is 508. The van der Waals surface area contributed by atoms with E-state index < -0.39 is 0 Å². The van der Waals surface area contributed by atoms with Gasteiger partial charge in [0, 0.05) is 24.7 Å². The molecule has 0 amide bonds. The molecule has 6 nitrogen and oxygen atoms in total. The summed E-state index contributed by atoms with van der Waals surface area (Å²) in [6, 6.07) is 2.19. The van der Waals surface area contributed by atoms with Crippen LogP contribution in [0.15, 0.2) is 18.7 Å². The number of aryl methyl sites for hydroxylation is 2. The molecule has 1 atom stereocenters. The van der Waals surface area contributed by atoms with Crippen LogP contribution in [0.25, 0.3) is 0 Å². The molecule has 6 heteroatoms. The number of hydrogen-bond donors (Lipinski definition) is 1. The summed E-state index contributed by atoms with van der Waals surface area (Å²) < 4.78 is 1.83. The molecule has 0 aliphatic rings. The van der Waals surface area contributed by atoms with Gasteiger partial charge in [0.1, 0.15) is 24.3 Å². The Morgan fingerprint density at radius 3 is 2.89 bits per heavy atom. The minimum Gasteiger partial charge on any atom is -0.368 e. The molecule has 0 aliphatic heterocycles. The third-order valence-corrected chi connectivity index (χ3v) is 2.84. The fourth-order valence-electron chi connectivity index (χ4n) is 1.85. The molecule has 0 radical (unpaired) electrons. The number of aromatic nitrogens is 5. The molecule has 0 unspecified atom stereocenters. The molecule has 2 heterocycles. The van der Waals surface area contributed by atoms with Gasteiger partial charge in [-0.3, -0.25) is 0 Å². The van der Waals surface area contributed by atoms with Crippen molar-refractivity contribution in [3.63, 3.8) is 0 Å². The van der Waals surface area contributed by atoms with E-state index in [2.05, 4.69) is 39.2 Å². The first-order chi connectivity index (χ1) is 9.19. The van der Waals surface area contributed by atoms with Crippen molar-refractivity contribution in [3.8, 4) is 0 Å². The Kier molecular flexibility index (Phi) is 4.43. The van der Waals surface area contributed by atoms with Crippen LogP contribution in [0.3, 0.4) is 0 Å². The average Bonchev–Trinajstić information content (AvgIpc) is 2.89. The number of anilines is 1. The van der Waals surface area contributed by atoms with E-state index in [9.17, 15) is 0 Å². The van der Waals surface area contributed by atoms with E-state index in [1.54, 1.807) is 12.7 Å². The van der Waals surface area contributed by atoms with E-state index in [1.807, 2.05) is 17.7 Å². The SMILES string of the molecule is CCCc1nc(C)cc(NC[C@@H](C)n2cncn2)n1. The lowest BCUT2D eigenvalue weighted by Crippen LogP contribution is -2.17. The summed E-state index contributed by atoms with van der Waals surface area (Å²) in [6.07, 6.45) is 5.23. The third-order valence-electron chi connectivity index (χ3n) is 2.84. The molecule has 0 saturated heterocycles. The summed E-state index contributed by atoms with van der Waals surface area (Å²) in [7, 11) is 0. The zero-order valence-corrected chi connectivity index (χ0v) is 11.7. The van der Waals surface area contributed by atoms with Gasteiger partial charge < -0.3 is 5.32 Å². The van der Waals surface area contributed by atoms with Crippen molar-refractivity contribution in [2.45, 2.75) is 39.7 Å². The maximum atomic E-state index is 4.51. The van der Waals surface area contributed by atoms with Crippen molar-refractivity contribution < 1.29 is 0 Å². The smallest absolute Gasteiger partial charge is 0.137 e.